The molecule has 0 aromatic carbocycles. The second-order valence-electron chi connectivity index (χ2n) is 5.90. The topological polar surface area (TPSA) is 96.0 Å². The molecule has 1 heterocycles. The van der Waals surface area contributed by atoms with Crippen LogP contribution >= 0.6 is 0 Å². The van der Waals surface area contributed by atoms with Crippen molar-refractivity contribution in [1.82, 2.24) is 14.5 Å². The van der Waals surface area contributed by atoms with Gasteiger partial charge in [0.1, 0.15) is 12.1 Å². The highest BCUT2D eigenvalue weighted by Crippen LogP contribution is 2.07. The standard InChI is InChI=1S/C12H23N3O5S/c1-12(2,3)20-11(17)13-9-10(16)14-5-7-15(8-6-14)21(4,18)19/h5-9H2,1-4H3,(H,13,17). The van der Waals surface area contributed by atoms with E-state index in [0.29, 0.717) is 13.1 Å². The molecule has 0 bridgehead atoms. The molecule has 0 aromatic rings. The number of ether oxygens (including phenoxy) is 1. The van der Waals surface area contributed by atoms with Gasteiger partial charge >= 0.3 is 6.09 Å². The number of carbonyl (C=O) groups excluding carboxylic acids is 2. The fourth-order valence-electron chi connectivity index (χ4n) is 1.84. The summed E-state index contributed by atoms with van der Waals surface area (Å²) in [6.45, 7) is 6.24. The summed E-state index contributed by atoms with van der Waals surface area (Å²) in [4.78, 5) is 24.9. The zero-order valence-corrected chi connectivity index (χ0v) is 13.7. The van der Waals surface area contributed by atoms with Crippen LogP contribution in [0.15, 0.2) is 0 Å². The zero-order valence-electron chi connectivity index (χ0n) is 12.9. The largest absolute Gasteiger partial charge is 0.444 e. The minimum atomic E-state index is -3.22. The van der Waals surface area contributed by atoms with Crippen LogP contribution in [-0.4, -0.2) is 74.2 Å². The molecule has 21 heavy (non-hydrogen) atoms. The van der Waals surface area contributed by atoms with E-state index in [1.54, 1.807) is 20.8 Å². The van der Waals surface area contributed by atoms with Crippen molar-refractivity contribution in [3.63, 3.8) is 0 Å². The van der Waals surface area contributed by atoms with Crippen LogP contribution in [0.3, 0.4) is 0 Å². The summed E-state index contributed by atoms with van der Waals surface area (Å²) >= 11 is 0. The van der Waals surface area contributed by atoms with Gasteiger partial charge in [0.15, 0.2) is 0 Å². The summed E-state index contributed by atoms with van der Waals surface area (Å²) in [6.07, 6.45) is 0.500. The van der Waals surface area contributed by atoms with Crippen molar-refractivity contribution in [2.75, 3.05) is 39.0 Å². The highest BCUT2D eigenvalue weighted by molar-refractivity contribution is 7.88. The van der Waals surface area contributed by atoms with Crippen molar-refractivity contribution in [1.29, 1.82) is 0 Å². The van der Waals surface area contributed by atoms with Crippen molar-refractivity contribution in [3.05, 3.63) is 0 Å². The molecule has 0 unspecified atom stereocenters. The van der Waals surface area contributed by atoms with Gasteiger partial charge in [0.05, 0.1) is 6.26 Å². The minimum Gasteiger partial charge on any atom is -0.444 e. The molecule has 1 N–H and O–H groups in total. The van der Waals surface area contributed by atoms with Crippen molar-refractivity contribution in [2.45, 2.75) is 26.4 Å². The van der Waals surface area contributed by atoms with Gasteiger partial charge in [0.2, 0.25) is 15.9 Å². The van der Waals surface area contributed by atoms with Crippen LogP contribution in [-0.2, 0) is 19.6 Å². The van der Waals surface area contributed by atoms with Crippen molar-refractivity contribution in [2.24, 2.45) is 0 Å². The summed E-state index contributed by atoms with van der Waals surface area (Å²) in [7, 11) is -3.22. The van der Waals surface area contributed by atoms with Crippen LogP contribution in [0.1, 0.15) is 20.8 Å². The highest BCUT2D eigenvalue weighted by Gasteiger charge is 2.26. The summed E-state index contributed by atoms with van der Waals surface area (Å²) in [5.74, 6) is -0.256. The number of hydrogen-bond acceptors (Lipinski definition) is 5. The van der Waals surface area contributed by atoms with Crippen LogP contribution in [0.4, 0.5) is 4.79 Å². The smallest absolute Gasteiger partial charge is 0.408 e. The third-order valence-electron chi connectivity index (χ3n) is 2.84. The Kier molecular flexibility index (Phi) is 5.57. The quantitative estimate of drug-likeness (QED) is 0.764. The van der Waals surface area contributed by atoms with E-state index in [0.717, 1.165) is 6.26 Å². The van der Waals surface area contributed by atoms with E-state index >= 15 is 0 Å². The maximum absolute atomic E-state index is 11.9. The van der Waals surface area contributed by atoms with Gasteiger partial charge in [-0.2, -0.15) is 4.31 Å². The molecule has 0 spiro atoms. The first-order valence-electron chi connectivity index (χ1n) is 6.69. The molecule has 0 atom stereocenters. The normalized spacial score (nSPS) is 17.4. The zero-order chi connectivity index (χ0) is 16.3. The van der Waals surface area contributed by atoms with Crippen molar-refractivity contribution in [3.8, 4) is 0 Å². The SMILES string of the molecule is CC(C)(C)OC(=O)NCC(=O)N1CCN(S(C)(=O)=O)CC1. The summed E-state index contributed by atoms with van der Waals surface area (Å²) in [6, 6.07) is 0. The fraction of sp³-hybridized carbons (Fsp3) is 0.833. The number of hydrogen-bond donors (Lipinski definition) is 1. The molecule has 9 heteroatoms. The van der Waals surface area contributed by atoms with Gasteiger partial charge in [-0.15, -0.1) is 0 Å². The molecular formula is C12H23N3O5S. The molecule has 1 rings (SSSR count). The second kappa shape index (κ2) is 6.61. The number of sulfonamides is 1. The van der Waals surface area contributed by atoms with E-state index in [1.807, 2.05) is 0 Å². The molecule has 0 radical (unpaired) electrons. The number of alkyl carbamates (subject to hydrolysis) is 1. The Hall–Kier alpha value is -1.35. The van der Waals surface area contributed by atoms with Gasteiger partial charge in [-0.05, 0) is 20.8 Å². The Balaban J connectivity index is 2.37. The fourth-order valence-corrected chi connectivity index (χ4v) is 2.67. The maximum atomic E-state index is 11.9. The summed E-state index contributed by atoms with van der Waals surface area (Å²) in [5.41, 5.74) is -0.617. The van der Waals surface area contributed by atoms with Crippen LogP contribution in [0.25, 0.3) is 0 Å². The predicted molar refractivity (Wildman–Crippen MR) is 77.2 cm³/mol. The molecular weight excluding hydrogens is 298 g/mol. The van der Waals surface area contributed by atoms with E-state index in [2.05, 4.69) is 5.32 Å². The van der Waals surface area contributed by atoms with Gasteiger partial charge in [-0.25, -0.2) is 13.2 Å². The van der Waals surface area contributed by atoms with Crippen LogP contribution in [0.5, 0.6) is 0 Å². The number of piperazine rings is 1. The molecule has 2 amide bonds. The Morgan fingerprint density at radius 2 is 1.67 bits per heavy atom. The Morgan fingerprint density at radius 1 is 1.14 bits per heavy atom. The molecule has 8 nitrogen and oxygen atoms in total. The number of nitrogens with zero attached hydrogens (tertiary/aromatic N) is 2. The van der Waals surface area contributed by atoms with E-state index < -0.39 is 21.7 Å². The minimum absolute atomic E-state index is 0.159. The van der Waals surface area contributed by atoms with Crippen LogP contribution < -0.4 is 5.32 Å². The number of amides is 2. The Labute approximate surface area is 125 Å². The molecule has 122 valence electrons. The average Bonchev–Trinajstić information content (AvgIpc) is 2.33. The lowest BCUT2D eigenvalue weighted by molar-refractivity contribution is -0.131. The number of rotatable bonds is 3. The van der Waals surface area contributed by atoms with E-state index in [1.165, 1.54) is 9.21 Å². The first kappa shape index (κ1) is 17.7. The Bertz CT molecular complexity index is 490. The third-order valence-corrected chi connectivity index (χ3v) is 4.15. The molecule has 0 aromatic heterocycles. The van der Waals surface area contributed by atoms with Gasteiger partial charge in [-0.3, -0.25) is 4.79 Å². The van der Waals surface area contributed by atoms with Gasteiger partial charge in [0.25, 0.3) is 0 Å². The molecule has 0 saturated carbocycles. The van der Waals surface area contributed by atoms with E-state index in [9.17, 15) is 18.0 Å². The monoisotopic (exact) mass is 321 g/mol. The van der Waals surface area contributed by atoms with Gasteiger partial charge in [-0.1, -0.05) is 0 Å². The van der Waals surface area contributed by atoms with Gasteiger partial charge in [0, 0.05) is 26.2 Å². The number of carbonyl (C=O) groups is 2. The first-order chi connectivity index (χ1) is 9.49. The molecule has 1 aliphatic heterocycles. The van der Waals surface area contributed by atoms with Gasteiger partial charge < -0.3 is 15.0 Å². The second-order valence-corrected chi connectivity index (χ2v) is 7.88. The molecule has 1 fully saturated rings. The first-order valence-corrected chi connectivity index (χ1v) is 8.53. The highest BCUT2D eigenvalue weighted by atomic mass is 32.2. The molecule has 1 aliphatic rings. The predicted octanol–water partition coefficient (Wildman–Crippen LogP) is -0.385. The van der Waals surface area contributed by atoms with Crippen molar-refractivity contribution < 1.29 is 22.7 Å². The maximum Gasteiger partial charge on any atom is 0.408 e. The summed E-state index contributed by atoms with van der Waals surface area (Å²) < 4.78 is 29.1. The summed E-state index contributed by atoms with van der Waals surface area (Å²) in [5, 5.41) is 2.39. The van der Waals surface area contributed by atoms with E-state index in [-0.39, 0.29) is 25.5 Å². The molecule has 1 saturated heterocycles. The van der Waals surface area contributed by atoms with E-state index in [4.69, 9.17) is 4.74 Å². The van der Waals surface area contributed by atoms with Crippen LogP contribution in [0.2, 0.25) is 0 Å². The lowest BCUT2D eigenvalue weighted by Gasteiger charge is -2.33. The average molecular weight is 321 g/mol. The lowest BCUT2D eigenvalue weighted by atomic mass is 10.2. The molecule has 0 aliphatic carbocycles. The third kappa shape index (κ3) is 6.30. The lowest BCUT2D eigenvalue weighted by Crippen LogP contribution is -2.52. The van der Waals surface area contributed by atoms with Crippen molar-refractivity contribution >= 4 is 22.0 Å². The Morgan fingerprint density at radius 3 is 2.10 bits per heavy atom. The van der Waals surface area contributed by atoms with Crippen LogP contribution in [0, 0.1) is 0 Å². The number of nitrogens with one attached hydrogen (secondary N) is 1.